The third-order valence-corrected chi connectivity index (χ3v) is 2.12. The van der Waals surface area contributed by atoms with Crippen molar-refractivity contribution in [3.63, 3.8) is 0 Å². The van der Waals surface area contributed by atoms with E-state index in [1.54, 1.807) is 0 Å². The Labute approximate surface area is 79.5 Å². The second-order valence-corrected chi connectivity index (χ2v) is 3.59. The van der Waals surface area contributed by atoms with Crippen molar-refractivity contribution >= 4 is 8.53 Å². The van der Waals surface area contributed by atoms with Gasteiger partial charge in [0.1, 0.15) is 0 Å². The fourth-order valence-corrected chi connectivity index (χ4v) is 1.40. The van der Waals surface area contributed by atoms with E-state index in [1.807, 2.05) is 18.2 Å². The molecule has 0 bridgehead atoms. The molecule has 0 saturated carbocycles. The van der Waals surface area contributed by atoms with Crippen LogP contribution >= 0.6 is 8.53 Å². The Bertz CT molecular complexity index is 228. The Morgan fingerprint density at radius 3 is 2.62 bits per heavy atom. The predicted molar refractivity (Wildman–Crippen MR) is 54.0 cm³/mol. The average molecular weight is 199 g/mol. The second kappa shape index (κ2) is 6.06. The molecule has 3 nitrogen and oxygen atoms in total. The van der Waals surface area contributed by atoms with Crippen LogP contribution in [0.4, 0.5) is 0 Å². The Kier molecular flexibility index (Phi) is 4.94. The summed E-state index contributed by atoms with van der Waals surface area (Å²) < 4.78 is 4.86. The number of benzene rings is 1. The molecule has 0 heterocycles. The zero-order chi connectivity index (χ0) is 9.52. The van der Waals surface area contributed by atoms with Crippen molar-refractivity contribution in [3.05, 3.63) is 35.9 Å². The van der Waals surface area contributed by atoms with E-state index >= 15 is 0 Å². The van der Waals surface area contributed by atoms with Crippen LogP contribution in [-0.2, 0) is 10.9 Å². The van der Waals surface area contributed by atoms with Crippen LogP contribution in [0, 0.1) is 0 Å². The monoisotopic (exact) mass is 199 g/mol. The molecule has 0 aromatic heterocycles. The van der Waals surface area contributed by atoms with Gasteiger partial charge in [0.15, 0.2) is 0 Å². The first-order valence-corrected chi connectivity index (χ1v) is 5.48. The van der Waals surface area contributed by atoms with Crippen LogP contribution in [0.15, 0.2) is 30.3 Å². The van der Waals surface area contributed by atoms with E-state index < -0.39 is 8.53 Å². The third-order valence-electron chi connectivity index (χ3n) is 1.68. The average Bonchev–Trinajstić information content (AvgIpc) is 2.14. The fraction of sp³-hybridized carbons (Fsp3) is 0.333. The van der Waals surface area contributed by atoms with Gasteiger partial charge in [-0.05, 0) is 18.4 Å². The number of hydrogen-bond acceptors (Lipinski definition) is 3. The van der Waals surface area contributed by atoms with Crippen molar-refractivity contribution in [1.29, 1.82) is 0 Å². The number of nitrogens with two attached hydrogens (primary N) is 1. The largest absolute Gasteiger partial charge is 0.338 e. The van der Waals surface area contributed by atoms with Crippen LogP contribution < -0.4 is 5.50 Å². The molecule has 4 heteroatoms. The van der Waals surface area contributed by atoms with Gasteiger partial charge in [-0.3, -0.25) is 5.50 Å². The molecule has 0 aliphatic carbocycles. The molecule has 1 rings (SSSR count). The lowest BCUT2D eigenvalue weighted by Crippen LogP contribution is -1.96. The predicted octanol–water partition coefficient (Wildman–Crippen LogP) is 1.81. The van der Waals surface area contributed by atoms with Crippen LogP contribution in [0.1, 0.15) is 12.0 Å². The molecule has 0 amide bonds. The first kappa shape index (κ1) is 10.6. The van der Waals surface area contributed by atoms with Crippen LogP contribution in [0.25, 0.3) is 0 Å². The topological polar surface area (TPSA) is 55.5 Å². The van der Waals surface area contributed by atoms with Gasteiger partial charge in [-0.25, -0.2) is 0 Å². The Morgan fingerprint density at radius 1 is 1.31 bits per heavy atom. The van der Waals surface area contributed by atoms with Crippen LogP contribution in [0.5, 0.6) is 0 Å². The summed E-state index contributed by atoms with van der Waals surface area (Å²) in [6.07, 6.45) is 1.85. The summed E-state index contributed by atoms with van der Waals surface area (Å²) in [6.45, 7) is 0.521. The molecule has 1 atom stereocenters. The molecule has 0 aliphatic rings. The highest BCUT2D eigenvalue weighted by molar-refractivity contribution is 7.43. The molecule has 72 valence electrons. The molecule has 1 aromatic rings. The number of rotatable bonds is 5. The van der Waals surface area contributed by atoms with E-state index in [2.05, 4.69) is 12.1 Å². The SMILES string of the molecule is NP(O)OCCCc1ccccc1. The first-order valence-electron chi connectivity index (χ1n) is 4.19. The first-order chi connectivity index (χ1) is 6.29. The molecular formula is C9H14NO2P. The van der Waals surface area contributed by atoms with Crippen molar-refractivity contribution in [2.24, 2.45) is 5.50 Å². The highest BCUT2D eigenvalue weighted by Crippen LogP contribution is 2.19. The Balaban J connectivity index is 2.13. The van der Waals surface area contributed by atoms with E-state index in [0.717, 1.165) is 12.8 Å². The lowest BCUT2D eigenvalue weighted by Gasteiger charge is -2.04. The molecule has 0 spiro atoms. The van der Waals surface area contributed by atoms with Crippen molar-refractivity contribution in [3.8, 4) is 0 Å². The summed E-state index contributed by atoms with van der Waals surface area (Å²) >= 11 is 0. The van der Waals surface area contributed by atoms with E-state index in [0.29, 0.717) is 6.61 Å². The van der Waals surface area contributed by atoms with E-state index in [4.69, 9.17) is 14.9 Å². The molecule has 1 aromatic carbocycles. The Hall–Kier alpha value is -0.470. The maximum atomic E-state index is 8.67. The smallest absolute Gasteiger partial charge is 0.250 e. The zero-order valence-electron chi connectivity index (χ0n) is 7.39. The van der Waals surface area contributed by atoms with E-state index in [1.165, 1.54) is 5.56 Å². The van der Waals surface area contributed by atoms with Gasteiger partial charge in [-0.15, -0.1) is 0 Å². The third kappa shape index (κ3) is 4.96. The van der Waals surface area contributed by atoms with Crippen LogP contribution in [0.3, 0.4) is 0 Å². The van der Waals surface area contributed by atoms with Gasteiger partial charge in [-0.2, -0.15) is 0 Å². The highest BCUT2D eigenvalue weighted by atomic mass is 31.2. The molecule has 0 radical (unpaired) electrons. The van der Waals surface area contributed by atoms with Crippen LogP contribution in [0.2, 0.25) is 0 Å². The molecule has 3 N–H and O–H groups in total. The maximum absolute atomic E-state index is 8.67. The summed E-state index contributed by atoms with van der Waals surface area (Å²) in [5, 5.41) is 0. The minimum absolute atomic E-state index is 0.521. The van der Waals surface area contributed by atoms with Gasteiger partial charge in [-0.1, -0.05) is 30.3 Å². The highest BCUT2D eigenvalue weighted by Gasteiger charge is 1.96. The summed E-state index contributed by atoms with van der Waals surface area (Å²) in [5.41, 5.74) is 6.35. The van der Waals surface area contributed by atoms with Gasteiger partial charge in [0.2, 0.25) is 8.53 Å². The second-order valence-electron chi connectivity index (χ2n) is 2.72. The molecule has 0 saturated heterocycles. The minimum atomic E-state index is -1.68. The van der Waals surface area contributed by atoms with Gasteiger partial charge in [0.05, 0.1) is 6.61 Å². The lowest BCUT2D eigenvalue weighted by molar-refractivity contribution is 0.304. The van der Waals surface area contributed by atoms with E-state index in [-0.39, 0.29) is 0 Å². The Morgan fingerprint density at radius 2 is 2.00 bits per heavy atom. The number of hydrogen-bond donors (Lipinski definition) is 2. The summed E-state index contributed by atoms with van der Waals surface area (Å²) in [4.78, 5) is 8.67. The molecular weight excluding hydrogens is 185 g/mol. The molecule has 1 unspecified atom stereocenters. The number of aryl methyl sites for hydroxylation is 1. The van der Waals surface area contributed by atoms with Gasteiger partial charge < -0.3 is 9.42 Å². The maximum Gasteiger partial charge on any atom is 0.250 e. The van der Waals surface area contributed by atoms with Gasteiger partial charge in [0.25, 0.3) is 0 Å². The normalized spacial score (nSPS) is 12.8. The van der Waals surface area contributed by atoms with Gasteiger partial charge in [0, 0.05) is 0 Å². The van der Waals surface area contributed by atoms with Crippen molar-refractivity contribution < 1.29 is 9.42 Å². The standard InChI is InChI=1S/C9H14NO2P/c10-13(11)12-8-4-7-9-5-2-1-3-6-9/h1-3,5-6,11H,4,7-8,10H2. The van der Waals surface area contributed by atoms with E-state index in [9.17, 15) is 0 Å². The quantitative estimate of drug-likeness (QED) is 0.561. The summed E-state index contributed by atoms with van der Waals surface area (Å²) in [6, 6.07) is 10.2. The lowest BCUT2D eigenvalue weighted by atomic mass is 10.1. The molecule has 0 aliphatic heterocycles. The zero-order valence-corrected chi connectivity index (χ0v) is 8.28. The minimum Gasteiger partial charge on any atom is -0.338 e. The van der Waals surface area contributed by atoms with Crippen molar-refractivity contribution in [2.45, 2.75) is 12.8 Å². The molecule has 0 fully saturated rings. The summed E-state index contributed by atoms with van der Waals surface area (Å²) in [5.74, 6) is 0. The van der Waals surface area contributed by atoms with Crippen molar-refractivity contribution in [2.75, 3.05) is 6.61 Å². The fourth-order valence-electron chi connectivity index (χ4n) is 1.08. The van der Waals surface area contributed by atoms with Gasteiger partial charge >= 0.3 is 0 Å². The molecule has 13 heavy (non-hydrogen) atoms. The van der Waals surface area contributed by atoms with Crippen LogP contribution in [-0.4, -0.2) is 11.5 Å². The van der Waals surface area contributed by atoms with Crippen molar-refractivity contribution in [1.82, 2.24) is 0 Å². The summed E-state index contributed by atoms with van der Waals surface area (Å²) in [7, 11) is -1.68.